The molecule has 0 radical (unpaired) electrons. The molecule has 1 aromatic carbocycles. The number of aliphatic imine (C=N–C) groups is 1. The number of rotatable bonds is 3. The minimum absolute atomic E-state index is 0.160. The number of carbonyl (C=O) groups is 2. The van der Waals surface area contributed by atoms with Gasteiger partial charge in [-0.1, -0.05) is 36.4 Å². The number of nitrogens with zero attached hydrogens (tertiary/aromatic N) is 2. The molecular formula is C17H17N3O3. The molecule has 0 fully saturated rings. The summed E-state index contributed by atoms with van der Waals surface area (Å²) >= 11 is 0. The van der Waals surface area contributed by atoms with Gasteiger partial charge in [-0.15, -0.1) is 0 Å². The van der Waals surface area contributed by atoms with Crippen LogP contribution in [-0.4, -0.2) is 35.3 Å². The number of carbonyl (C=O) groups excluding carboxylic acids is 2. The highest BCUT2D eigenvalue weighted by Gasteiger charge is 2.32. The monoisotopic (exact) mass is 311 g/mol. The van der Waals surface area contributed by atoms with E-state index in [1.165, 1.54) is 4.90 Å². The van der Waals surface area contributed by atoms with E-state index in [2.05, 4.69) is 10.3 Å². The second kappa shape index (κ2) is 6.48. The van der Waals surface area contributed by atoms with Crippen molar-refractivity contribution in [2.45, 2.75) is 19.6 Å². The van der Waals surface area contributed by atoms with E-state index in [1.807, 2.05) is 43.3 Å². The summed E-state index contributed by atoms with van der Waals surface area (Å²) in [5.41, 5.74) is 1.84. The maximum Gasteiger partial charge on any atom is 0.408 e. The van der Waals surface area contributed by atoms with Crippen molar-refractivity contribution in [2.75, 3.05) is 6.54 Å². The largest absolute Gasteiger partial charge is 0.445 e. The summed E-state index contributed by atoms with van der Waals surface area (Å²) in [4.78, 5) is 30.1. The van der Waals surface area contributed by atoms with E-state index in [0.29, 0.717) is 5.84 Å². The van der Waals surface area contributed by atoms with Crippen LogP contribution in [0.15, 0.2) is 59.2 Å². The van der Waals surface area contributed by atoms with Gasteiger partial charge in [0.05, 0.1) is 6.54 Å². The molecule has 2 amide bonds. The molecule has 0 saturated carbocycles. The second-order valence-corrected chi connectivity index (χ2v) is 5.37. The van der Waals surface area contributed by atoms with Crippen molar-refractivity contribution < 1.29 is 14.3 Å². The third-order valence-corrected chi connectivity index (χ3v) is 3.55. The van der Waals surface area contributed by atoms with Crippen LogP contribution < -0.4 is 5.32 Å². The van der Waals surface area contributed by atoms with Crippen LogP contribution in [0.1, 0.15) is 12.5 Å². The van der Waals surface area contributed by atoms with Crippen LogP contribution in [0.4, 0.5) is 4.79 Å². The number of amidine groups is 1. The number of alkyl carbamates (subject to hydrolysis) is 1. The molecule has 0 spiro atoms. The van der Waals surface area contributed by atoms with Crippen molar-refractivity contribution in [2.24, 2.45) is 4.99 Å². The Morgan fingerprint density at radius 2 is 2.13 bits per heavy atom. The van der Waals surface area contributed by atoms with Gasteiger partial charge in [-0.2, -0.15) is 0 Å². The molecule has 2 heterocycles. The molecule has 6 heteroatoms. The number of ether oxygens (including phenoxy) is 1. The molecule has 3 rings (SSSR count). The Bertz CT molecular complexity index is 707. The number of fused-ring (bicyclic) bond motifs is 1. The fraction of sp³-hybridized carbons (Fsp3) is 0.235. The van der Waals surface area contributed by atoms with Crippen LogP contribution in [0.2, 0.25) is 0 Å². The summed E-state index contributed by atoms with van der Waals surface area (Å²) in [7, 11) is 0. The Kier molecular flexibility index (Phi) is 4.23. The SMILES string of the molecule is CC1=CN2C(=O)[C@H](NC(=O)OCc3ccccc3)CN=C2C=C1. The van der Waals surface area contributed by atoms with E-state index in [4.69, 9.17) is 4.74 Å². The molecule has 0 aliphatic carbocycles. The highest BCUT2D eigenvalue weighted by molar-refractivity contribution is 6.10. The van der Waals surface area contributed by atoms with Crippen LogP contribution >= 0.6 is 0 Å². The lowest BCUT2D eigenvalue weighted by Crippen LogP contribution is -2.53. The molecular weight excluding hydrogens is 294 g/mol. The van der Waals surface area contributed by atoms with Gasteiger partial charge in [-0.25, -0.2) is 4.79 Å². The second-order valence-electron chi connectivity index (χ2n) is 5.37. The lowest BCUT2D eigenvalue weighted by molar-refractivity contribution is -0.127. The molecule has 2 aliphatic rings. The number of allylic oxidation sites excluding steroid dienone is 2. The zero-order chi connectivity index (χ0) is 16.2. The molecule has 0 unspecified atom stereocenters. The topological polar surface area (TPSA) is 71.0 Å². The van der Waals surface area contributed by atoms with Gasteiger partial charge >= 0.3 is 6.09 Å². The van der Waals surface area contributed by atoms with Crippen LogP contribution in [0.25, 0.3) is 0 Å². The van der Waals surface area contributed by atoms with Crippen LogP contribution in [0, 0.1) is 0 Å². The minimum atomic E-state index is -0.711. The van der Waals surface area contributed by atoms with Gasteiger partial charge in [0, 0.05) is 6.20 Å². The molecule has 0 saturated heterocycles. The Morgan fingerprint density at radius 3 is 2.91 bits per heavy atom. The van der Waals surface area contributed by atoms with E-state index in [9.17, 15) is 9.59 Å². The number of hydrogen-bond donors (Lipinski definition) is 1. The number of benzene rings is 1. The van der Waals surface area contributed by atoms with Gasteiger partial charge in [0.2, 0.25) is 0 Å². The third kappa shape index (κ3) is 3.48. The molecule has 1 N–H and O–H groups in total. The summed E-state index contributed by atoms with van der Waals surface area (Å²) < 4.78 is 5.14. The van der Waals surface area contributed by atoms with Gasteiger partial charge in [-0.3, -0.25) is 14.7 Å². The summed E-state index contributed by atoms with van der Waals surface area (Å²) in [5.74, 6) is 0.381. The van der Waals surface area contributed by atoms with E-state index in [-0.39, 0.29) is 19.1 Å². The average molecular weight is 311 g/mol. The van der Waals surface area contributed by atoms with Gasteiger partial charge in [0.1, 0.15) is 18.5 Å². The number of amides is 2. The number of nitrogens with one attached hydrogen (secondary N) is 1. The Hall–Kier alpha value is -2.89. The number of hydrogen-bond acceptors (Lipinski definition) is 4. The molecule has 23 heavy (non-hydrogen) atoms. The first-order valence-corrected chi connectivity index (χ1v) is 7.35. The Balaban J connectivity index is 1.58. The Morgan fingerprint density at radius 1 is 1.35 bits per heavy atom. The Labute approximate surface area is 134 Å². The summed E-state index contributed by atoms with van der Waals surface area (Å²) in [6, 6.07) is 8.65. The van der Waals surface area contributed by atoms with E-state index in [1.54, 1.807) is 12.3 Å². The predicted molar refractivity (Wildman–Crippen MR) is 85.6 cm³/mol. The van der Waals surface area contributed by atoms with Crippen LogP contribution in [0.5, 0.6) is 0 Å². The van der Waals surface area contributed by atoms with E-state index in [0.717, 1.165) is 11.1 Å². The first-order valence-electron chi connectivity index (χ1n) is 7.35. The van der Waals surface area contributed by atoms with Crippen molar-refractivity contribution in [3.05, 3.63) is 59.8 Å². The molecule has 0 aromatic heterocycles. The molecule has 1 aromatic rings. The molecule has 1 atom stereocenters. The molecule has 6 nitrogen and oxygen atoms in total. The van der Waals surface area contributed by atoms with E-state index >= 15 is 0 Å². The summed E-state index contributed by atoms with van der Waals surface area (Å²) in [5, 5.41) is 2.57. The summed E-state index contributed by atoms with van der Waals surface area (Å²) in [6.45, 7) is 2.27. The van der Waals surface area contributed by atoms with Gasteiger partial charge < -0.3 is 10.1 Å². The highest BCUT2D eigenvalue weighted by Crippen LogP contribution is 2.15. The fourth-order valence-corrected chi connectivity index (χ4v) is 2.35. The average Bonchev–Trinajstić information content (AvgIpc) is 2.57. The van der Waals surface area contributed by atoms with Crippen LogP contribution in [-0.2, 0) is 16.1 Å². The highest BCUT2D eigenvalue weighted by atomic mass is 16.5. The first kappa shape index (κ1) is 15.0. The molecule has 118 valence electrons. The molecule has 2 aliphatic heterocycles. The summed E-state index contributed by atoms with van der Waals surface area (Å²) in [6.07, 6.45) is 4.77. The van der Waals surface area contributed by atoms with Crippen molar-refractivity contribution in [1.29, 1.82) is 0 Å². The van der Waals surface area contributed by atoms with Gasteiger partial charge in [0.25, 0.3) is 5.91 Å². The van der Waals surface area contributed by atoms with Gasteiger partial charge in [-0.05, 0) is 24.1 Å². The minimum Gasteiger partial charge on any atom is -0.445 e. The lowest BCUT2D eigenvalue weighted by Gasteiger charge is -2.30. The fourth-order valence-electron chi connectivity index (χ4n) is 2.35. The predicted octanol–water partition coefficient (Wildman–Crippen LogP) is 2.00. The standard InChI is InChI=1S/C17H17N3O3/c1-12-7-8-15-18-9-14(16(21)20(15)10-12)19-17(22)23-11-13-5-3-2-4-6-13/h2-8,10,14H,9,11H2,1H3,(H,19,22)/t14-/m1/s1. The van der Waals surface area contributed by atoms with Gasteiger partial charge in [0.15, 0.2) is 0 Å². The molecule has 0 bridgehead atoms. The lowest BCUT2D eigenvalue weighted by atomic mass is 10.1. The first-order chi connectivity index (χ1) is 11.1. The van der Waals surface area contributed by atoms with E-state index < -0.39 is 12.1 Å². The van der Waals surface area contributed by atoms with Crippen molar-refractivity contribution in [3.63, 3.8) is 0 Å². The third-order valence-electron chi connectivity index (χ3n) is 3.55. The van der Waals surface area contributed by atoms with Crippen molar-refractivity contribution in [1.82, 2.24) is 10.2 Å². The quantitative estimate of drug-likeness (QED) is 0.928. The maximum atomic E-state index is 12.4. The van der Waals surface area contributed by atoms with Crippen LogP contribution in [0.3, 0.4) is 0 Å². The normalized spacial score (nSPS) is 19.6. The smallest absolute Gasteiger partial charge is 0.408 e. The maximum absolute atomic E-state index is 12.4. The van der Waals surface area contributed by atoms with Crippen molar-refractivity contribution in [3.8, 4) is 0 Å². The zero-order valence-corrected chi connectivity index (χ0v) is 12.7. The van der Waals surface area contributed by atoms with Crippen molar-refractivity contribution >= 4 is 17.8 Å². The zero-order valence-electron chi connectivity index (χ0n) is 12.7.